The molecule has 0 radical (unpaired) electrons. The van der Waals surface area contributed by atoms with Crippen molar-refractivity contribution in [3.05, 3.63) is 53.6 Å². The van der Waals surface area contributed by atoms with Gasteiger partial charge in [-0.3, -0.25) is 4.72 Å². The van der Waals surface area contributed by atoms with Crippen LogP contribution in [0.25, 0.3) is 0 Å². The van der Waals surface area contributed by atoms with Gasteiger partial charge in [-0.05, 0) is 48.9 Å². The van der Waals surface area contributed by atoms with Crippen molar-refractivity contribution < 1.29 is 23.1 Å². The lowest BCUT2D eigenvalue weighted by Gasteiger charge is -2.11. The van der Waals surface area contributed by atoms with E-state index in [1.54, 1.807) is 13.0 Å². The molecule has 0 fully saturated rings. The van der Waals surface area contributed by atoms with Gasteiger partial charge in [-0.2, -0.15) is 0 Å². The summed E-state index contributed by atoms with van der Waals surface area (Å²) in [4.78, 5) is 11.0. The number of hydrogen-bond donors (Lipinski definition) is 2. The number of carbonyl (C=O) groups is 1. The zero-order valence-electron chi connectivity index (χ0n) is 12.0. The molecule has 0 bridgehead atoms. The van der Waals surface area contributed by atoms with Crippen LogP contribution in [-0.4, -0.2) is 26.6 Å². The summed E-state index contributed by atoms with van der Waals surface area (Å²) in [7, 11) is -2.30. The summed E-state index contributed by atoms with van der Waals surface area (Å²) in [6, 6.07) is 10.1. The highest BCUT2D eigenvalue weighted by Crippen LogP contribution is 2.23. The lowest BCUT2D eigenvalue weighted by Crippen LogP contribution is -2.13. The number of anilines is 1. The van der Waals surface area contributed by atoms with Crippen LogP contribution in [0.4, 0.5) is 5.69 Å². The first-order chi connectivity index (χ1) is 10.3. The number of aromatic carboxylic acids is 1. The SMILES string of the molecule is COc1ccc(S(=O)(=O)Nc2cccc(C(=O)O)c2)cc1C. The minimum absolute atomic E-state index is 0.00566. The molecular weight excluding hydrogens is 306 g/mol. The minimum Gasteiger partial charge on any atom is -0.496 e. The monoisotopic (exact) mass is 321 g/mol. The van der Waals surface area contributed by atoms with Crippen molar-refractivity contribution in [2.45, 2.75) is 11.8 Å². The summed E-state index contributed by atoms with van der Waals surface area (Å²) in [6.07, 6.45) is 0. The maximum atomic E-state index is 12.3. The number of benzene rings is 2. The summed E-state index contributed by atoms with van der Waals surface area (Å²) < 4.78 is 32.1. The fourth-order valence-corrected chi connectivity index (χ4v) is 3.08. The molecule has 0 aromatic heterocycles. The molecule has 0 aliphatic carbocycles. The van der Waals surface area contributed by atoms with E-state index in [9.17, 15) is 13.2 Å². The zero-order chi connectivity index (χ0) is 16.3. The lowest BCUT2D eigenvalue weighted by atomic mass is 10.2. The zero-order valence-corrected chi connectivity index (χ0v) is 12.8. The molecule has 6 nitrogen and oxygen atoms in total. The highest BCUT2D eigenvalue weighted by molar-refractivity contribution is 7.92. The number of ether oxygens (including phenoxy) is 1. The lowest BCUT2D eigenvalue weighted by molar-refractivity contribution is 0.0697. The maximum Gasteiger partial charge on any atom is 0.335 e. The molecule has 0 unspecified atom stereocenters. The van der Waals surface area contributed by atoms with E-state index < -0.39 is 16.0 Å². The van der Waals surface area contributed by atoms with Crippen LogP contribution < -0.4 is 9.46 Å². The first kappa shape index (κ1) is 15.8. The summed E-state index contributed by atoms with van der Waals surface area (Å²) in [5.74, 6) is -0.534. The van der Waals surface area contributed by atoms with Crippen LogP contribution in [0.1, 0.15) is 15.9 Å². The van der Waals surface area contributed by atoms with Crippen molar-refractivity contribution in [2.24, 2.45) is 0 Å². The van der Waals surface area contributed by atoms with Crippen LogP contribution >= 0.6 is 0 Å². The van der Waals surface area contributed by atoms with Crippen LogP contribution in [0.15, 0.2) is 47.4 Å². The van der Waals surface area contributed by atoms with Gasteiger partial charge in [0.15, 0.2) is 0 Å². The van der Waals surface area contributed by atoms with Gasteiger partial charge in [0.05, 0.1) is 17.6 Å². The molecule has 0 heterocycles. The van der Waals surface area contributed by atoms with Crippen molar-refractivity contribution >= 4 is 21.7 Å². The van der Waals surface area contributed by atoms with E-state index >= 15 is 0 Å². The smallest absolute Gasteiger partial charge is 0.335 e. The van der Waals surface area contributed by atoms with Gasteiger partial charge in [0.2, 0.25) is 0 Å². The van der Waals surface area contributed by atoms with Crippen LogP contribution in [0.2, 0.25) is 0 Å². The number of nitrogens with one attached hydrogen (secondary N) is 1. The fraction of sp³-hybridized carbons (Fsp3) is 0.133. The third-order valence-corrected chi connectivity index (χ3v) is 4.42. The van der Waals surface area contributed by atoms with E-state index in [-0.39, 0.29) is 16.1 Å². The van der Waals surface area contributed by atoms with Gasteiger partial charge in [-0.25, -0.2) is 13.2 Å². The molecule has 2 aromatic carbocycles. The van der Waals surface area contributed by atoms with Gasteiger partial charge in [0.1, 0.15) is 5.75 Å². The third kappa shape index (κ3) is 3.37. The Bertz CT molecular complexity index is 814. The number of rotatable bonds is 5. The number of aryl methyl sites for hydroxylation is 1. The number of methoxy groups -OCH3 is 1. The maximum absolute atomic E-state index is 12.3. The number of hydrogen-bond acceptors (Lipinski definition) is 4. The molecule has 22 heavy (non-hydrogen) atoms. The van der Waals surface area contributed by atoms with Crippen LogP contribution in [0.5, 0.6) is 5.75 Å². The van der Waals surface area contributed by atoms with Gasteiger partial charge < -0.3 is 9.84 Å². The largest absolute Gasteiger partial charge is 0.496 e. The Morgan fingerprint density at radius 1 is 1.18 bits per heavy atom. The predicted molar refractivity (Wildman–Crippen MR) is 81.9 cm³/mol. The van der Waals surface area contributed by atoms with Crippen molar-refractivity contribution in [2.75, 3.05) is 11.8 Å². The van der Waals surface area contributed by atoms with E-state index in [2.05, 4.69) is 4.72 Å². The highest BCUT2D eigenvalue weighted by Gasteiger charge is 2.16. The highest BCUT2D eigenvalue weighted by atomic mass is 32.2. The minimum atomic E-state index is -3.80. The van der Waals surface area contributed by atoms with Crippen molar-refractivity contribution in [3.8, 4) is 5.75 Å². The number of carboxylic acids is 1. The predicted octanol–water partition coefficient (Wildman–Crippen LogP) is 2.50. The Labute approximate surface area is 128 Å². The average molecular weight is 321 g/mol. The molecule has 0 amide bonds. The molecule has 0 atom stereocenters. The molecule has 0 aliphatic rings. The summed E-state index contributed by atoms with van der Waals surface area (Å²) in [6.45, 7) is 1.74. The van der Waals surface area contributed by atoms with Gasteiger partial charge in [0.25, 0.3) is 10.0 Å². The topological polar surface area (TPSA) is 92.7 Å². The molecule has 7 heteroatoms. The second-order valence-corrected chi connectivity index (χ2v) is 6.31. The van der Waals surface area contributed by atoms with Gasteiger partial charge in [0, 0.05) is 5.69 Å². The van der Waals surface area contributed by atoms with Gasteiger partial charge >= 0.3 is 5.97 Å². The van der Waals surface area contributed by atoms with Crippen LogP contribution in [0.3, 0.4) is 0 Å². The molecule has 2 aromatic rings. The molecule has 116 valence electrons. The van der Waals surface area contributed by atoms with Crippen molar-refractivity contribution in [1.82, 2.24) is 0 Å². The first-order valence-corrected chi connectivity index (χ1v) is 7.82. The summed E-state index contributed by atoms with van der Waals surface area (Å²) in [5.41, 5.74) is 0.879. The molecule has 0 saturated carbocycles. The van der Waals surface area contributed by atoms with Crippen molar-refractivity contribution in [1.29, 1.82) is 0 Å². The molecule has 0 aliphatic heterocycles. The molecule has 0 saturated heterocycles. The van der Waals surface area contributed by atoms with E-state index in [1.165, 1.54) is 43.5 Å². The Balaban J connectivity index is 2.33. The Kier molecular flexibility index (Phi) is 4.37. The molecular formula is C15H15NO5S. The Morgan fingerprint density at radius 2 is 1.91 bits per heavy atom. The fourth-order valence-electron chi connectivity index (χ4n) is 1.95. The van der Waals surface area contributed by atoms with Gasteiger partial charge in [-0.1, -0.05) is 6.07 Å². The standard InChI is InChI=1S/C15H15NO5S/c1-10-8-13(6-7-14(10)21-2)22(19,20)16-12-5-3-4-11(9-12)15(17)18/h3-9,16H,1-2H3,(H,17,18). The summed E-state index contributed by atoms with van der Waals surface area (Å²) >= 11 is 0. The average Bonchev–Trinajstić information content (AvgIpc) is 2.47. The van der Waals surface area contributed by atoms with E-state index in [0.29, 0.717) is 11.3 Å². The van der Waals surface area contributed by atoms with Crippen LogP contribution in [0, 0.1) is 6.92 Å². The Morgan fingerprint density at radius 3 is 2.50 bits per heavy atom. The number of sulfonamides is 1. The molecule has 2 rings (SSSR count). The summed E-state index contributed by atoms with van der Waals surface area (Å²) in [5, 5.41) is 8.93. The van der Waals surface area contributed by atoms with Crippen molar-refractivity contribution in [3.63, 3.8) is 0 Å². The first-order valence-electron chi connectivity index (χ1n) is 6.34. The van der Waals surface area contributed by atoms with Gasteiger partial charge in [-0.15, -0.1) is 0 Å². The van der Waals surface area contributed by atoms with Crippen LogP contribution in [-0.2, 0) is 10.0 Å². The second-order valence-electron chi connectivity index (χ2n) is 4.62. The third-order valence-electron chi connectivity index (χ3n) is 3.04. The Hall–Kier alpha value is -2.54. The number of carboxylic acid groups (broad SMARTS) is 1. The molecule has 2 N–H and O–H groups in total. The second kappa shape index (κ2) is 6.07. The van der Waals surface area contributed by atoms with E-state index in [0.717, 1.165) is 0 Å². The van der Waals surface area contributed by atoms with E-state index in [4.69, 9.17) is 9.84 Å². The quantitative estimate of drug-likeness (QED) is 0.882. The molecule has 0 spiro atoms. The van der Waals surface area contributed by atoms with E-state index in [1.807, 2.05) is 0 Å². The normalized spacial score (nSPS) is 11.0.